The molecule has 8 heteroatoms. The summed E-state index contributed by atoms with van der Waals surface area (Å²) in [5.41, 5.74) is 0.863. The smallest absolute Gasteiger partial charge is 0.251 e. The molecule has 0 spiro atoms. The lowest BCUT2D eigenvalue weighted by atomic mass is 10.2. The molecule has 0 N–H and O–H groups in total. The zero-order chi connectivity index (χ0) is 17.2. The van der Waals surface area contributed by atoms with Crippen LogP contribution in [0.2, 0.25) is 0 Å². The standard InChI is InChI=1S/C17H20N6O2/c1-12-10-14(13(2)24-12)16-21-20-15(25-16)11-22-6-8-23(9-7-22)17-18-4-3-5-19-17/h3-5,10H,6-9,11H2,1-2H3. The second-order valence-corrected chi connectivity index (χ2v) is 6.14. The van der Waals surface area contributed by atoms with Gasteiger partial charge in [0.15, 0.2) is 0 Å². The minimum atomic E-state index is 0.515. The summed E-state index contributed by atoms with van der Waals surface area (Å²) in [6.45, 7) is 8.02. The summed E-state index contributed by atoms with van der Waals surface area (Å²) in [7, 11) is 0. The van der Waals surface area contributed by atoms with Crippen molar-refractivity contribution in [3.05, 3.63) is 41.9 Å². The van der Waals surface area contributed by atoms with E-state index in [-0.39, 0.29) is 0 Å². The second-order valence-electron chi connectivity index (χ2n) is 6.14. The third kappa shape index (κ3) is 3.39. The maximum absolute atomic E-state index is 5.82. The molecule has 0 atom stereocenters. The second kappa shape index (κ2) is 6.64. The van der Waals surface area contributed by atoms with Crippen LogP contribution in [0.5, 0.6) is 0 Å². The van der Waals surface area contributed by atoms with Gasteiger partial charge in [0.05, 0.1) is 12.1 Å². The predicted octanol–water partition coefficient (Wildman–Crippen LogP) is 2.06. The Hall–Kier alpha value is -2.74. The molecule has 130 valence electrons. The van der Waals surface area contributed by atoms with Crippen LogP contribution >= 0.6 is 0 Å². The van der Waals surface area contributed by atoms with Crippen LogP contribution in [-0.2, 0) is 6.54 Å². The molecule has 0 aromatic carbocycles. The fourth-order valence-corrected chi connectivity index (χ4v) is 3.02. The number of hydrogen-bond donors (Lipinski definition) is 0. The molecule has 1 aliphatic rings. The SMILES string of the molecule is Cc1cc(-c2nnc(CN3CCN(c4ncccn4)CC3)o2)c(C)o1. The molecule has 0 amide bonds. The Morgan fingerprint density at radius 3 is 2.44 bits per heavy atom. The van der Waals surface area contributed by atoms with Gasteiger partial charge in [-0.3, -0.25) is 4.90 Å². The summed E-state index contributed by atoms with van der Waals surface area (Å²) in [4.78, 5) is 13.1. The van der Waals surface area contributed by atoms with Crippen LogP contribution < -0.4 is 4.90 Å². The number of aryl methyl sites for hydroxylation is 2. The zero-order valence-corrected chi connectivity index (χ0v) is 14.3. The number of nitrogens with zero attached hydrogens (tertiary/aromatic N) is 6. The van der Waals surface area contributed by atoms with Crippen molar-refractivity contribution in [2.45, 2.75) is 20.4 Å². The molecule has 25 heavy (non-hydrogen) atoms. The molecule has 3 aromatic rings. The van der Waals surface area contributed by atoms with E-state index in [4.69, 9.17) is 8.83 Å². The van der Waals surface area contributed by atoms with Crippen LogP contribution in [-0.4, -0.2) is 51.2 Å². The quantitative estimate of drug-likeness (QED) is 0.713. The van der Waals surface area contributed by atoms with Gasteiger partial charge in [0.2, 0.25) is 11.8 Å². The van der Waals surface area contributed by atoms with E-state index in [0.717, 1.165) is 49.2 Å². The Kier molecular flexibility index (Phi) is 4.19. The number of furan rings is 1. The fourth-order valence-electron chi connectivity index (χ4n) is 3.02. The van der Waals surface area contributed by atoms with E-state index in [2.05, 4.69) is 30.0 Å². The normalized spacial score (nSPS) is 15.7. The molecular formula is C17H20N6O2. The topological polar surface area (TPSA) is 84.3 Å². The minimum Gasteiger partial charge on any atom is -0.466 e. The van der Waals surface area contributed by atoms with E-state index in [9.17, 15) is 0 Å². The van der Waals surface area contributed by atoms with E-state index in [1.54, 1.807) is 12.4 Å². The minimum absolute atomic E-state index is 0.515. The van der Waals surface area contributed by atoms with Gasteiger partial charge in [-0.05, 0) is 26.0 Å². The van der Waals surface area contributed by atoms with Crippen molar-refractivity contribution in [1.82, 2.24) is 25.1 Å². The molecule has 0 aliphatic carbocycles. The number of hydrogen-bond acceptors (Lipinski definition) is 8. The molecule has 4 rings (SSSR count). The number of anilines is 1. The highest BCUT2D eigenvalue weighted by atomic mass is 16.4. The highest BCUT2D eigenvalue weighted by Gasteiger charge is 2.21. The molecule has 1 aliphatic heterocycles. The Bertz CT molecular complexity index is 836. The first-order chi connectivity index (χ1) is 12.2. The first kappa shape index (κ1) is 15.8. The van der Waals surface area contributed by atoms with Crippen LogP contribution in [0.15, 0.2) is 33.4 Å². The molecule has 0 radical (unpaired) electrons. The van der Waals surface area contributed by atoms with Gasteiger partial charge in [0.25, 0.3) is 5.89 Å². The summed E-state index contributed by atoms with van der Waals surface area (Å²) < 4.78 is 11.3. The van der Waals surface area contributed by atoms with Crippen molar-refractivity contribution in [2.75, 3.05) is 31.1 Å². The fraction of sp³-hybridized carbons (Fsp3) is 0.412. The molecule has 0 unspecified atom stereocenters. The lowest BCUT2D eigenvalue weighted by molar-refractivity contribution is 0.226. The average molecular weight is 340 g/mol. The van der Waals surface area contributed by atoms with Crippen molar-refractivity contribution >= 4 is 5.95 Å². The van der Waals surface area contributed by atoms with E-state index in [1.807, 2.05) is 26.0 Å². The van der Waals surface area contributed by atoms with Crippen molar-refractivity contribution < 1.29 is 8.83 Å². The average Bonchev–Trinajstić information content (AvgIpc) is 3.22. The van der Waals surface area contributed by atoms with Gasteiger partial charge in [-0.2, -0.15) is 0 Å². The third-order valence-corrected chi connectivity index (χ3v) is 4.30. The van der Waals surface area contributed by atoms with Crippen molar-refractivity contribution in [2.24, 2.45) is 0 Å². The monoisotopic (exact) mass is 340 g/mol. The lowest BCUT2D eigenvalue weighted by Crippen LogP contribution is -2.46. The molecule has 4 heterocycles. The Labute approximate surface area is 145 Å². The molecule has 1 saturated heterocycles. The summed E-state index contributed by atoms with van der Waals surface area (Å²) in [6.07, 6.45) is 3.54. The van der Waals surface area contributed by atoms with Crippen LogP contribution in [0, 0.1) is 13.8 Å². The molecule has 3 aromatic heterocycles. The molecular weight excluding hydrogens is 320 g/mol. The number of piperazine rings is 1. The first-order valence-electron chi connectivity index (χ1n) is 8.33. The van der Waals surface area contributed by atoms with Crippen molar-refractivity contribution in [1.29, 1.82) is 0 Å². The van der Waals surface area contributed by atoms with E-state index in [0.29, 0.717) is 18.3 Å². The predicted molar refractivity (Wildman–Crippen MR) is 91.0 cm³/mol. The van der Waals surface area contributed by atoms with Crippen LogP contribution in [0.1, 0.15) is 17.4 Å². The maximum atomic E-state index is 5.82. The largest absolute Gasteiger partial charge is 0.466 e. The maximum Gasteiger partial charge on any atom is 0.251 e. The highest BCUT2D eigenvalue weighted by molar-refractivity contribution is 5.55. The Morgan fingerprint density at radius 1 is 1.00 bits per heavy atom. The summed E-state index contributed by atoms with van der Waals surface area (Å²) in [5.74, 6) is 3.56. The number of rotatable bonds is 4. The summed E-state index contributed by atoms with van der Waals surface area (Å²) in [6, 6.07) is 3.75. The number of aromatic nitrogens is 4. The molecule has 0 bridgehead atoms. The van der Waals surface area contributed by atoms with Gasteiger partial charge in [0, 0.05) is 38.6 Å². The zero-order valence-electron chi connectivity index (χ0n) is 14.3. The highest BCUT2D eigenvalue weighted by Crippen LogP contribution is 2.25. The summed E-state index contributed by atoms with van der Waals surface area (Å²) >= 11 is 0. The lowest BCUT2D eigenvalue weighted by Gasteiger charge is -2.33. The van der Waals surface area contributed by atoms with Gasteiger partial charge in [-0.15, -0.1) is 10.2 Å². The van der Waals surface area contributed by atoms with Crippen molar-refractivity contribution in [3.63, 3.8) is 0 Å². The van der Waals surface area contributed by atoms with E-state index >= 15 is 0 Å². The van der Waals surface area contributed by atoms with Gasteiger partial charge < -0.3 is 13.7 Å². The van der Waals surface area contributed by atoms with Gasteiger partial charge in [0.1, 0.15) is 11.5 Å². The van der Waals surface area contributed by atoms with Crippen LogP contribution in [0.4, 0.5) is 5.95 Å². The Balaban J connectivity index is 1.37. The van der Waals surface area contributed by atoms with Gasteiger partial charge in [-0.25, -0.2) is 9.97 Å². The van der Waals surface area contributed by atoms with Crippen molar-refractivity contribution in [3.8, 4) is 11.5 Å². The van der Waals surface area contributed by atoms with Gasteiger partial charge in [-0.1, -0.05) is 0 Å². The Morgan fingerprint density at radius 2 is 1.76 bits per heavy atom. The van der Waals surface area contributed by atoms with E-state index in [1.165, 1.54) is 0 Å². The first-order valence-corrected chi connectivity index (χ1v) is 8.33. The molecule has 1 fully saturated rings. The van der Waals surface area contributed by atoms with Crippen LogP contribution in [0.3, 0.4) is 0 Å². The van der Waals surface area contributed by atoms with Gasteiger partial charge >= 0.3 is 0 Å². The molecule has 0 saturated carbocycles. The third-order valence-electron chi connectivity index (χ3n) is 4.30. The van der Waals surface area contributed by atoms with Crippen LogP contribution in [0.25, 0.3) is 11.5 Å². The summed E-state index contributed by atoms with van der Waals surface area (Å²) in [5, 5.41) is 8.33. The molecule has 8 nitrogen and oxygen atoms in total. The van der Waals surface area contributed by atoms with E-state index < -0.39 is 0 Å².